The van der Waals surface area contributed by atoms with Crippen molar-refractivity contribution in [2.24, 2.45) is 0 Å². The van der Waals surface area contributed by atoms with E-state index >= 15 is 0 Å². The average molecular weight is 460 g/mol. The largest absolute Gasteiger partial charge is 0.454 e. The summed E-state index contributed by atoms with van der Waals surface area (Å²) in [4.78, 5) is 34.7. The van der Waals surface area contributed by atoms with Gasteiger partial charge in [-0.1, -0.05) is 12.1 Å². The summed E-state index contributed by atoms with van der Waals surface area (Å²) in [5, 5.41) is 6.37. The summed E-state index contributed by atoms with van der Waals surface area (Å²) in [7, 11) is 0. The molecule has 164 valence electrons. The van der Waals surface area contributed by atoms with Crippen molar-refractivity contribution in [3.8, 4) is 22.2 Å². The third-order valence-electron chi connectivity index (χ3n) is 5.18. The van der Waals surface area contributed by atoms with Crippen LogP contribution >= 0.6 is 11.3 Å². The van der Waals surface area contributed by atoms with E-state index in [2.05, 4.69) is 20.6 Å². The molecule has 0 aliphatic carbocycles. The van der Waals surface area contributed by atoms with Crippen molar-refractivity contribution in [2.75, 3.05) is 5.32 Å². The van der Waals surface area contributed by atoms with E-state index in [1.54, 1.807) is 55.6 Å². The number of nitrogens with one attached hydrogen (secondary N) is 2. The summed E-state index contributed by atoms with van der Waals surface area (Å²) in [6, 6.07) is 13.2. The Balaban J connectivity index is 1.33. The number of benzene rings is 2. The third-order valence-corrected chi connectivity index (χ3v) is 6.20. The molecule has 9 heteroatoms. The van der Waals surface area contributed by atoms with Gasteiger partial charge in [0.2, 0.25) is 0 Å². The van der Waals surface area contributed by atoms with Gasteiger partial charge in [-0.3, -0.25) is 14.6 Å². The molecule has 2 amide bonds. The van der Waals surface area contributed by atoms with Crippen LogP contribution in [0, 0.1) is 12.7 Å². The second-order valence-electron chi connectivity index (χ2n) is 7.34. The van der Waals surface area contributed by atoms with Gasteiger partial charge in [0.1, 0.15) is 16.6 Å². The second-order valence-corrected chi connectivity index (χ2v) is 8.45. The van der Waals surface area contributed by atoms with Crippen LogP contribution in [-0.2, 0) is 6.54 Å². The molecule has 33 heavy (non-hydrogen) atoms. The number of pyridine rings is 1. The Labute approximate surface area is 192 Å². The van der Waals surface area contributed by atoms with Crippen molar-refractivity contribution in [2.45, 2.75) is 13.5 Å². The number of amides is 2. The summed E-state index contributed by atoms with van der Waals surface area (Å²) < 4.78 is 19.0. The van der Waals surface area contributed by atoms with Crippen LogP contribution in [0.25, 0.3) is 10.7 Å². The molecule has 0 unspecified atom stereocenters. The molecule has 3 heterocycles. The van der Waals surface area contributed by atoms with Gasteiger partial charge >= 0.3 is 0 Å². The van der Waals surface area contributed by atoms with E-state index in [-0.39, 0.29) is 18.4 Å². The minimum atomic E-state index is -0.413. The van der Waals surface area contributed by atoms with Gasteiger partial charge in [-0.15, -0.1) is 11.3 Å². The Morgan fingerprint density at radius 3 is 2.76 bits per heavy atom. The summed E-state index contributed by atoms with van der Waals surface area (Å²) in [5.74, 6) is -0.0644. The molecule has 1 aliphatic rings. The monoisotopic (exact) mass is 460 g/mol. The fourth-order valence-electron chi connectivity index (χ4n) is 3.49. The first kappa shape index (κ1) is 20.8. The van der Waals surface area contributed by atoms with Gasteiger partial charge in [-0.2, -0.15) is 0 Å². The Morgan fingerprint density at radius 1 is 1.09 bits per heavy atom. The van der Waals surface area contributed by atoms with E-state index in [0.29, 0.717) is 44.6 Å². The van der Waals surface area contributed by atoms with Gasteiger partial charge in [-0.05, 0) is 48.9 Å². The van der Waals surface area contributed by atoms with Crippen molar-refractivity contribution < 1.29 is 18.7 Å². The standard InChI is InChI=1S/C24H17FN4O3S/c1-13-16(7-9-20-21(13)29-23(31)17-4-2-3-5-19(17)32-20)22(30)27-11-15-12-28-24(33-15)18-8-6-14(25)10-26-18/h2-10,12H,11H2,1H3,(H,27,30)(H,29,31). The van der Waals surface area contributed by atoms with Gasteiger partial charge in [0.25, 0.3) is 11.8 Å². The highest BCUT2D eigenvalue weighted by atomic mass is 32.1. The van der Waals surface area contributed by atoms with Crippen LogP contribution in [0.4, 0.5) is 10.1 Å². The topological polar surface area (TPSA) is 93.2 Å². The molecular weight excluding hydrogens is 443 g/mol. The molecule has 5 rings (SSSR count). The van der Waals surface area contributed by atoms with Crippen LogP contribution in [0.15, 0.2) is 60.9 Å². The number of nitrogens with zero attached hydrogens (tertiary/aromatic N) is 2. The maximum atomic E-state index is 13.1. The number of anilines is 1. The first-order chi connectivity index (χ1) is 16.0. The van der Waals surface area contributed by atoms with E-state index in [1.807, 2.05) is 0 Å². The molecule has 2 aromatic carbocycles. The van der Waals surface area contributed by atoms with Crippen molar-refractivity contribution in [3.63, 3.8) is 0 Å². The number of ether oxygens (including phenoxy) is 1. The highest BCUT2D eigenvalue weighted by Gasteiger charge is 2.24. The first-order valence-electron chi connectivity index (χ1n) is 10.1. The molecule has 0 bridgehead atoms. The lowest BCUT2D eigenvalue weighted by Gasteiger charge is -2.14. The van der Waals surface area contributed by atoms with Gasteiger partial charge in [0.05, 0.1) is 29.7 Å². The minimum absolute atomic E-state index is 0.266. The van der Waals surface area contributed by atoms with Crippen molar-refractivity contribution in [1.82, 2.24) is 15.3 Å². The zero-order valence-corrected chi connectivity index (χ0v) is 18.2. The summed E-state index contributed by atoms with van der Waals surface area (Å²) >= 11 is 1.36. The number of hydrogen-bond acceptors (Lipinski definition) is 6. The van der Waals surface area contributed by atoms with Crippen LogP contribution in [-0.4, -0.2) is 21.8 Å². The van der Waals surface area contributed by atoms with Gasteiger partial charge in [-0.25, -0.2) is 9.37 Å². The number of hydrogen-bond donors (Lipinski definition) is 2. The minimum Gasteiger partial charge on any atom is -0.454 e. The number of carbonyl (C=O) groups is 2. The third kappa shape index (κ3) is 4.06. The van der Waals surface area contributed by atoms with Crippen LogP contribution in [0.1, 0.15) is 31.2 Å². The fraction of sp³-hybridized carbons (Fsp3) is 0.0833. The van der Waals surface area contributed by atoms with Crippen LogP contribution in [0.2, 0.25) is 0 Å². The lowest BCUT2D eigenvalue weighted by Crippen LogP contribution is -2.23. The quantitative estimate of drug-likeness (QED) is 0.450. The molecule has 0 atom stereocenters. The number of fused-ring (bicyclic) bond motifs is 2. The Hall–Kier alpha value is -4.11. The Kier molecular flexibility index (Phi) is 5.31. The smallest absolute Gasteiger partial charge is 0.259 e. The second kappa shape index (κ2) is 8.44. The van der Waals surface area contributed by atoms with Crippen LogP contribution in [0.3, 0.4) is 0 Å². The molecule has 4 aromatic rings. The SMILES string of the molecule is Cc1c(C(=O)NCc2cnc(-c3ccc(F)cn3)s2)ccc2c1NC(=O)c1ccccc1O2. The number of para-hydroxylation sites is 1. The molecular formula is C24H17FN4O3S. The average Bonchev–Trinajstić information content (AvgIpc) is 3.24. The van der Waals surface area contributed by atoms with E-state index in [9.17, 15) is 14.0 Å². The van der Waals surface area contributed by atoms with Crippen LogP contribution in [0.5, 0.6) is 11.5 Å². The highest BCUT2D eigenvalue weighted by Crippen LogP contribution is 2.38. The molecule has 0 fully saturated rings. The predicted octanol–water partition coefficient (Wildman–Crippen LogP) is 4.94. The van der Waals surface area contributed by atoms with E-state index in [0.717, 1.165) is 11.1 Å². The van der Waals surface area contributed by atoms with Gasteiger partial charge in [0, 0.05) is 16.6 Å². The molecule has 0 saturated carbocycles. The first-order valence-corrected chi connectivity index (χ1v) is 10.9. The maximum Gasteiger partial charge on any atom is 0.259 e. The number of rotatable bonds is 4. The summed E-state index contributed by atoms with van der Waals surface area (Å²) in [5.41, 5.74) is 2.49. The van der Waals surface area contributed by atoms with E-state index in [4.69, 9.17) is 4.74 Å². The lowest BCUT2D eigenvalue weighted by atomic mass is 10.0. The normalized spacial score (nSPS) is 12.1. The van der Waals surface area contributed by atoms with E-state index in [1.165, 1.54) is 17.4 Å². The predicted molar refractivity (Wildman–Crippen MR) is 122 cm³/mol. The molecule has 1 aliphatic heterocycles. The molecule has 0 spiro atoms. The molecule has 0 saturated heterocycles. The summed E-state index contributed by atoms with van der Waals surface area (Å²) in [6.07, 6.45) is 2.79. The highest BCUT2D eigenvalue weighted by molar-refractivity contribution is 7.15. The van der Waals surface area contributed by atoms with Crippen molar-refractivity contribution in [3.05, 3.63) is 88.3 Å². The zero-order chi connectivity index (χ0) is 22.9. The molecule has 7 nitrogen and oxygen atoms in total. The lowest BCUT2D eigenvalue weighted by molar-refractivity contribution is 0.0949. The molecule has 2 N–H and O–H groups in total. The zero-order valence-electron chi connectivity index (χ0n) is 17.4. The Morgan fingerprint density at radius 2 is 1.94 bits per heavy atom. The number of carbonyl (C=O) groups excluding carboxylic acids is 2. The van der Waals surface area contributed by atoms with Gasteiger partial charge in [0.15, 0.2) is 5.75 Å². The van der Waals surface area contributed by atoms with Gasteiger partial charge < -0.3 is 15.4 Å². The number of halogens is 1. The maximum absolute atomic E-state index is 13.1. The van der Waals surface area contributed by atoms with Crippen LogP contribution < -0.4 is 15.4 Å². The van der Waals surface area contributed by atoms with Crippen molar-refractivity contribution >= 4 is 28.8 Å². The summed E-state index contributed by atoms with van der Waals surface area (Å²) in [6.45, 7) is 2.03. The van der Waals surface area contributed by atoms with Crippen molar-refractivity contribution in [1.29, 1.82) is 0 Å². The number of aromatic nitrogens is 2. The fourth-order valence-corrected chi connectivity index (χ4v) is 4.32. The molecule has 0 radical (unpaired) electrons. The molecule has 2 aromatic heterocycles. The Bertz CT molecular complexity index is 1380. The van der Waals surface area contributed by atoms with E-state index < -0.39 is 5.82 Å². The number of thiazole rings is 1.